The first kappa shape index (κ1) is 81.5. The van der Waals surface area contributed by atoms with Crippen molar-refractivity contribution in [1.82, 2.24) is 48.6 Å². The number of hydrogen-bond donors (Lipinski definition) is 1. The van der Waals surface area contributed by atoms with Crippen LogP contribution in [0.1, 0.15) is 39.5 Å². The first-order valence-electron chi connectivity index (χ1n) is 33.7. The number of halogens is 12. The van der Waals surface area contributed by atoms with Crippen LogP contribution in [0.15, 0.2) is 298 Å². The van der Waals surface area contributed by atoms with E-state index in [2.05, 4.69) is 180 Å². The van der Waals surface area contributed by atoms with Crippen molar-refractivity contribution in [2.75, 3.05) is 0 Å². The van der Waals surface area contributed by atoms with Gasteiger partial charge in [-0.3, -0.25) is 9.97 Å². The third kappa shape index (κ3) is 21.4. The molecular weight excluding hydrogens is 1750 g/mol. The molecular formula is C85H64Br3Cl9N12. The lowest BCUT2D eigenvalue weighted by Gasteiger charge is -2.05. The molecule has 0 saturated heterocycles. The molecule has 1 N–H and O–H groups in total. The number of rotatable bonds is 12. The standard InChI is InChI=1S/2C24H18Cl2N3.C13H9Cl2N3.C11H9Br.C10H8ClN.C3H2Cl2N2.2BrH/c2*25-23-24(26)29(15-21-12-11-19-6-3-4-8-22(19)27-21)16-28(23)14-17-9-10-18-5-1-2-7-20(18)13-17;14-12-13(15)18(8-16-12)7-10-6-5-9-3-1-2-4-11(9)17-10;12-8-9-5-6-10-3-1-2-4-11(10)7-9;11-7-9-6-5-8-3-1-2-4-10(8)12-9;4-2-3(5)7-1-6-2;;/h2*1-13,16H,14-15H2;1-6,8H,7H2;1-7H,8H2;1-6H,7H2;1H,(H,6,7);2*1H/q2*+1;;;;;;/p-2. The van der Waals surface area contributed by atoms with Crippen molar-refractivity contribution >= 4 is 196 Å². The minimum absolute atomic E-state index is 0. The van der Waals surface area contributed by atoms with Crippen molar-refractivity contribution in [3.8, 4) is 0 Å². The van der Waals surface area contributed by atoms with Crippen LogP contribution in [0.25, 0.3) is 75.9 Å². The van der Waals surface area contributed by atoms with Gasteiger partial charge in [-0.25, -0.2) is 38.2 Å². The Morgan fingerprint density at radius 3 is 0.982 bits per heavy atom. The predicted octanol–water partition coefficient (Wildman–Crippen LogP) is 18.0. The molecule has 0 bridgehead atoms. The summed E-state index contributed by atoms with van der Waals surface area (Å²) in [7, 11) is 0. The van der Waals surface area contributed by atoms with Crippen LogP contribution < -0.4 is 43.1 Å². The minimum Gasteiger partial charge on any atom is -1.00 e. The van der Waals surface area contributed by atoms with Crippen LogP contribution in [0.2, 0.25) is 41.2 Å². The van der Waals surface area contributed by atoms with Crippen LogP contribution in [0.3, 0.4) is 0 Å². The molecule has 8 aromatic heterocycles. The molecule has 109 heavy (non-hydrogen) atoms. The van der Waals surface area contributed by atoms with Gasteiger partial charge in [0.2, 0.25) is 12.7 Å². The predicted molar refractivity (Wildman–Crippen MR) is 447 cm³/mol. The largest absolute Gasteiger partial charge is 1.00 e. The van der Waals surface area contributed by atoms with Crippen molar-refractivity contribution in [3.63, 3.8) is 0 Å². The fourth-order valence-corrected chi connectivity index (χ4v) is 13.7. The van der Waals surface area contributed by atoms with E-state index in [1.807, 2.05) is 164 Å². The molecule has 0 saturated carbocycles. The molecule has 12 nitrogen and oxygen atoms in total. The maximum atomic E-state index is 6.53. The summed E-state index contributed by atoms with van der Waals surface area (Å²) in [4.78, 5) is 28.5. The number of nitrogens with one attached hydrogen (secondary N) is 1. The number of H-pyrrole nitrogens is 1. The van der Waals surface area contributed by atoms with Crippen molar-refractivity contribution < 1.29 is 43.1 Å². The van der Waals surface area contributed by atoms with Gasteiger partial charge in [0.1, 0.15) is 36.5 Å². The normalized spacial score (nSPS) is 10.8. The lowest BCUT2D eigenvalue weighted by molar-refractivity contribution is -0.685. The Balaban J connectivity index is 0.000000137. The van der Waals surface area contributed by atoms with E-state index in [0.717, 1.165) is 71.7 Å². The van der Waals surface area contributed by atoms with Gasteiger partial charge in [0.25, 0.3) is 20.6 Å². The summed E-state index contributed by atoms with van der Waals surface area (Å²) in [5, 5.41) is 16.5. The second-order valence-electron chi connectivity index (χ2n) is 24.7. The lowest BCUT2D eigenvalue weighted by Crippen LogP contribution is -3.00. The highest BCUT2D eigenvalue weighted by molar-refractivity contribution is 9.08. The summed E-state index contributed by atoms with van der Waals surface area (Å²) in [6.07, 6.45) is 6.96. The fourth-order valence-electron chi connectivity index (χ4n) is 11.9. The Labute approximate surface area is 704 Å². The number of para-hydroxylation sites is 4. The molecule has 18 rings (SSSR count). The number of aromatic amines is 1. The molecule has 0 unspecified atom stereocenters. The van der Waals surface area contributed by atoms with Gasteiger partial charge in [-0.15, -0.1) is 11.6 Å². The van der Waals surface area contributed by atoms with Crippen molar-refractivity contribution in [1.29, 1.82) is 0 Å². The van der Waals surface area contributed by atoms with Gasteiger partial charge in [0.05, 0.1) is 69.9 Å². The summed E-state index contributed by atoms with van der Waals surface area (Å²) in [6, 6.07) is 92.9. The molecule has 24 heteroatoms. The summed E-state index contributed by atoms with van der Waals surface area (Å²) in [5.41, 5.74) is 11.3. The Hall–Kier alpha value is -8.49. The van der Waals surface area contributed by atoms with E-state index in [0.29, 0.717) is 79.8 Å². The zero-order valence-electron chi connectivity index (χ0n) is 57.7. The molecule has 548 valence electrons. The van der Waals surface area contributed by atoms with Crippen LogP contribution in [-0.4, -0.2) is 48.6 Å². The van der Waals surface area contributed by atoms with E-state index in [1.165, 1.54) is 55.3 Å². The Morgan fingerprint density at radius 1 is 0.330 bits per heavy atom. The van der Waals surface area contributed by atoms with Gasteiger partial charge in [0.15, 0.2) is 10.3 Å². The zero-order chi connectivity index (χ0) is 74.2. The fraction of sp³-hybridized carbons (Fsp3) is 0.0824. The summed E-state index contributed by atoms with van der Waals surface area (Å²) < 4.78 is 9.56. The molecule has 0 fully saturated rings. The SMILES string of the molecule is BrCc1ccc2ccccc2c1.ClCc1ccc2ccccc2n1.Clc1c(Cl)[n+](Cc2ccc3ccccc3c2)cn1Cc1ccc2ccccc2n1.Clc1c(Cl)[n+](Cc2ccc3ccccc3c2)cn1Cc1ccc2ccccc2n1.Clc1nc[nH]c1Cl.Clc1ncn(Cc2ccc3ccccc3n2)c1Cl.[Br-].[Br-]. The number of pyridine rings is 4. The molecule has 18 aromatic rings. The molecule has 10 aromatic carbocycles. The quantitative estimate of drug-likeness (QED) is 0.0962. The van der Waals surface area contributed by atoms with Gasteiger partial charge in [-0.05, 0) is 156 Å². The van der Waals surface area contributed by atoms with Gasteiger partial charge in [-0.2, -0.15) is 0 Å². The molecule has 0 amide bonds. The molecule has 0 aliphatic carbocycles. The molecule has 8 heterocycles. The van der Waals surface area contributed by atoms with E-state index < -0.39 is 0 Å². The highest BCUT2D eigenvalue weighted by Crippen LogP contribution is 2.27. The van der Waals surface area contributed by atoms with Crippen LogP contribution in [0.5, 0.6) is 0 Å². The number of hydrogen-bond acceptors (Lipinski definition) is 6. The average Bonchev–Trinajstić information content (AvgIpc) is 1.67. The molecule has 0 atom stereocenters. The second kappa shape index (κ2) is 39.4. The molecule has 0 aliphatic heterocycles. The van der Waals surface area contributed by atoms with Gasteiger partial charge < -0.3 is 43.5 Å². The van der Waals surface area contributed by atoms with Crippen LogP contribution in [-0.2, 0) is 43.9 Å². The van der Waals surface area contributed by atoms with E-state index in [-0.39, 0.29) is 34.0 Å². The number of benzene rings is 10. The maximum Gasteiger partial charge on any atom is 0.255 e. The van der Waals surface area contributed by atoms with Crippen molar-refractivity contribution in [2.24, 2.45) is 0 Å². The van der Waals surface area contributed by atoms with E-state index in [1.54, 1.807) is 10.9 Å². The third-order valence-corrected chi connectivity index (χ3v) is 21.4. The molecule has 0 aliphatic rings. The van der Waals surface area contributed by atoms with E-state index in [4.69, 9.17) is 114 Å². The number of nitrogens with zero attached hydrogens (tertiary/aromatic N) is 11. The molecule has 0 spiro atoms. The minimum atomic E-state index is 0. The van der Waals surface area contributed by atoms with Gasteiger partial charge in [-0.1, -0.05) is 275 Å². The summed E-state index contributed by atoms with van der Waals surface area (Å²) in [5.74, 6) is 0.477. The number of imidazole rings is 4. The van der Waals surface area contributed by atoms with Crippen molar-refractivity contribution in [3.05, 3.63) is 379 Å². The van der Waals surface area contributed by atoms with Crippen LogP contribution in [0, 0.1) is 0 Å². The maximum absolute atomic E-state index is 6.53. The monoisotopic (exact) mass is 1800 g/mol. The van der Waals surface area contributed by atoms with Gasteiger partial charge in [0, 0.05) is 26.9 Å². The average molecular weight is 1810 g/mol. The topological polar surface area (TPSA) is 116 Å². The van der Waals surface area contributed by atoms with Crippen molar-refractivity contribution in [2.45, 2.75) is 43.9 Å². The first-order valence-corrected chi connectivity index (χ1v) is 38.4. The number of alkyl halides is 2. The summed E-state index contributed by atoms with van der Waals surface area (Å²) in [6.45, 7) is 2.99. The highest BCUT2D eigenvalue weighted by atomic mass is 79.9. The van der Waals surface area contributed by atoms with E-state index >= 15 is 0 Å². The third-order valence-electron chi connectivity index (χ3n) is 17.2. The Bertz CT molecular complexity index is 5610. The van der Waals surface area contributed by atoms with Crippen LogP contribution in [0.4, 0.5) is 0 Å². The molecule has 0 radical (unpaired) electrons. The van der Waals surface area contributed by atoms with Crippen LogP contribution >= 0.6 is 120 Å². The lowest BCUT2D eigenvalue weighted by atomic mass is 10.1. The smallest absolute Gasteiger partial charge is 0.255 e. The highest BCUT2D eigenvalue weighted by Gasteiger charge is 2.23. The Morgan fingerprint density at radius 2 is 0.651 bits per heavy atom. The zero-order valence-corrected chi connectivity index (χ0v) is 69.3. The van der Waals surface area contributed by atoms with E-state index in [9.17, 15) is 0 Å². The second-order valence-corrected chi connectivity index (χ2v) is 28.4. The number of aromatic nitrogens is 12. The first-order chi connectivity index (χ1) is 52.2. The van der Waals surface area contributed by atoms with Gasteiger partial charge >= 0.3 is 0 Å². The Kier molecular flexibility index (Phi) is 29.5. The summed E-state index contributed by atoms with van der Waals surface area (Å²) >= 11 is 57.8. The number of fused-ring (bicyclic) bond motifs is 7.